The van der Waals surface area contributed by atoms with Gasteiger partial charge in [0.2, 0.25) is 0 Å². The number of halogens is 3. The molecule has 0 radical (unpaired) electrons. The molecule has 2 nitrogen and oxygen atoms in total. The predicted molar refractivity (Wildman–Crippen MR) is 78.5 cm³/mol. The highest BCUT2D eigenvalue weighted by atomic mass is 32.2. The molecule has 7 heteroatoms. The Bertz CT molecular complexity index is 478. The van der Waals surface area contributed by atoms with E-state index < -0.39 is 21.6 Å². The topological polar surface area (TPSA) is 35.4 Å². The maximum absolute atomic E-state index is 12.2. The van der Waals surface area contributed by atoms with Gasteiger partial charge in [0.25, 0.3) is 0 Å². The van der Waals surface area contributed by atoms with Crippen molar-refractivity contribution in [2.75, 3.05) is 0 Å². The number of alkyl halides is 3. The number of hydrogen-bond acceptors (Lipinski definition) is 3. The van der Waals surface area contributed by atoms with Gasteiger partial charge in [-0.3, -0.25) is 0 Å². The van der Waals surface area contributed by atoms with Gasteiger partial charge in [-0.15, -0.1) is 0 Å². The molecule has 20 heavy (non-hydrogen) atoms. The molecule has 0 bridgehead atoms. The van der Waals surface area contributed by atoms with Crippen molar-refractivity contribution in [1.29, 1.82) is 0 Å². The van der Waals surface area contributed by atoms with E-state index in [1.54, 1.807) is 19.1 Å². The Labute approximate surface area is 124 Å². The van der Waals surface area contributed by atoms with E-state index in [1.807, 2.05) is 20.8 Å². The highest BCUT2D eigenvalue weighted by molar-refractivity contribution is 8.00. The molecule has 0 aromatic heterocycles. The minimum Gasteiger partial charge on any atom is -0.591 e. The Balaban J connectivity index is 2.86. The predicted octanol–water partition coefficient (Wildman–Crippen LogP) is 4.57. The van der Waals surface area contributed by atoms with Gasteiger partial charge in [-0.1, -0.05) is 16.5 Å². The van der Waals surface area contributed by atoms with Crippen molar-refractivity contribution in [3.8, 4) is 0 Å². The fourth-order valence-corrected chi connectivity index (χ4v) is 2.38. The fraction of sp³-hybridized carbons (Fsp3) is 0.462. The lowest BCUT2D eigenvalue weighted by Gasteiger charge is -2.18. The van der Waals surface area contributed by atoms with Crippen molar-refractivity contribution in [1.82, 2.24) is 0 Å². The summed E-state index contributed by atoms with van der Waals surface area (Å²) in [6, 6.07) is 5.86. The lowest BCUT2D eigenvalue weighted by Crippen LogP contribution is -2.26. The summed E-state index contributed by atoms with van der Waals surface area (Å²) in [5.74, 6) is 0. The second-order valence-corrected chi connectivity index (χ2v) is 8.15. The third-order valence-corrected chi connectivity index (χ3v) is 4.48. The summed E-state index contributed by atoms with van der Waals surface area (Å²) in [6.45, 7) is 7.12. The van der Waals surface area contributed by atoms with Crippen LogP contribution in [-0.4, -0.2) is 20.5 Å². The van der Waals surface area contributed by atoms with Gasteiger partial charge in [-0.25, -0.2) is 0 Å². The molecule has 0 unspecified atom stereocenters. The van der Waals surface area contributed by atoms with E-state index >= 15 is 0 Å². The lowest BCUT2D eigenvalue weighted by atomic mass is 10.1. The normalized spacial score (nSPS) is 15.3. The third kappa shape index (κ3) is 5.76. The van der Waals surface area contributed by atoms with Crippen LogP contribution in [0.4, 0.5) is 13.2 Å². The highest BCUT2D eigenvalue weighted by Crippen LogP contribution is 2.36. The first kappa shape index (κ1) is 17.4. The summed E-state index contributed by atoms with van der Waals surface area (Å²) < 4.78 is 52.1. The monoisotopic (exact) mass is 323 g/mol. The van der Waals surface area contributed by atoms with Gasteiger partial charge < -0.3 is 4.55 Å². The van der Waals surface area contributed by atoms with Crippen molar-refractivity contribution >= 4 is 28.8 Å². The van der Waals surface area contributed by atoms with E-state index in [2.05, 4.69) is 4.40 Å². The zero-order valence-electron chi connectivity index (χ0n) is 11.6. The van der Waals surface area contributed by atoms with Crippen LogP contribution in [0.5, 0.6) is 0 Å². The fourth-order valence-electron chi connectivity index (χ4n) is 1.21. The Kier molecular flexibility index (Phi) is 5.57. The summed E-state index contributed by atoms with van der Waals surface area (Å²) in [5.41, 5.74) is -3.09. The van der Waals surface area contributed by atoms with Crippen LogP contribution in [0.2, 0.25) is 0 Å². The molecule has 0 aliphatic heterocycles. The standard InChI is InChI=1S/C13H16F3NOS2/c1-9(17-20(18)12(2,3)4)10-5-7-11(8-6-10)19-13(14,15)16/h5-8H,1-4H3/t20-/m1/s1. The lowest BCUT2D eigenvalue weighted by molar-refractivity contribution is -0.0328. The number of nitrogens with zero attached hydrogens (tertiary/aromatic N) is 1. The Morgan fingerprint density at radius 3 is 2.05 bits per heavy atom. The molecule has 112 valence electrons. The molecule has 0 spiro atoms. The molecule has 0 saturated carbocycles. The van der Waals surface area contributed by atoms with E-state index in [4.69, 9.17) is 0 Å². The average molecular weight is 323 g/mol. The van der Waals surface area contributed by atoms with Crippen molar-refractivity contribution in [2.45, 2.75) is 42.8 Å². The van der Waals surface area contributed by atoms with Gasteiger partial charge >= 0.3 is 5.51 Å². The van der Waals surface area contributed by atoms with Crippen LogP contribution in [0.25, 0.3) is 0 Å². The highest BCUT2D eigenvalue weighted by Gasteiger charge is 2.29. The van der Waals surface area contributed by atoms with Crippen LogP contribution in [-0.2, 0) is 11.4 Å². The van der Waals surface area contributed by atoms with Crippen molar-refractivity contribution in [3.05, 3.63) is 29.8 Å². The van der Waals surface area contributed by atoms with E-state index in [9.17, 15) is 17.7 Å². The molecule has 1 rings (SSSR count). The molecule has 0 saturated heterocycles. The molecule has 1 aromatic carbocycles. The molecule has 0 amide bonds. The van der Waals surface area contributed by atoms with Crippen LogP contribution in [0.3, 0.4) is 0 Å². The summed E-state index contributed by atoms with van der Waals surface area (Å²) in [5, 5.41) is 0. The van der Waals surface area contributed by atoms with Gasteiger partial charge in [-0.2, -0.15) is 13.2 Å². The largest absolute Gasteiger partial charge is 0.591 e. The van der Waals surface area contributed by atoms with Crippen molar-refractivity contribution in [3.63, 3.8) is 0 Å². The second kappa shape index (κ2) is 6.41. The SMILES string of the molecule is CC(=N[S@+]([O-])C(C)(C)C)c1ccc(SC(F)(F)F)cc1. The van der Waals surface area contributed by atoms with Crippen molar-refractivity contribution < 1.29 is 17.7 Å². The van der Waals surface area contributed by atoms with E-state index in [0.717, 1.165) is 0 Å². The number of rotatable bonds is 3. The minimum absolute atomic E-state index is 0.117. The van der Waals surface area contributed by atoms with Gasteiger partial charge in [0, 0.05) is 10.5 Å². The molecule has 0 N–H and O–H groups in total. The van der Waals surface area contributed by atoms with Gasteiger partial charge in [0.05, 0.1) is 5.71 Å². The van der Waals surface area contributed by atoms with E-state index in [1.165, 1.54) is 12.1 Å². The first-order valence-electron chi connectivity index (χ1n) is 5.82. The smallest absolute Gasteiger partial charge is 0.446 e. The molecular formula is C13H16F3NOS2. The Hall–Kier alpha value is -0.660. The number of hydrogen-bond donors (Lipinski definition) is 0. The summed E-state index contributed by atoms with van der Waals surface area (Å²) >= 11 is -1.55. The van der Waals surface area contributed by atoms with Gasteiger partial charge in [0.1, 0.15) is 16.1 Å². The Morgan fingerprint density at radius 2 is 1.65 bits per heavy atom. The maximum Gasteiger partial charge on any atom is 0.446 e. The molecule has 0 aliphatic carbocycles. The zero-order valence-corrected chi connectivity index (χ0v) is 13.2. The number of benzene rings is 1. The molecule has 1 atom stereocenters. The third-order valence-electron chi connectivity index (χ3n) is 2.25. The van der Waals surface area contributed by atoms with E-state index in [0.29, 0.717) is 11.3 Å². The van der Waals surface area contributed by atoms with E-state index in [-0.39, 0.29) is 16.7 Å². The Morgan fingerprint density at radius 1 is 1.15 bits per heavy atom. The van der Waals surface area contributed by atoms with Crippen LogP contribution >= 0.6 is 11.8 Å². The first-order chi connectivity index (χ1) is 8.99. The van der Waals surface area contributed by atoms with Gasteiger partial charge in [-0.05, 0) is 51.6 Å². The zero-order chi connectivity index (χ0) is 15.6. The molecular weight excluding hydrogens is 307 g/mol. The molecule has 1 aromatic rings. The summed E-state index contributed by atoms with van der Waals surface area (Å²) in [4.78, 5) is 0.117. The first-order valence-corrected chi connectivity index (χ1v) is 7.75. The van der Waals surface area contributed by atoms with Gasteiger partial charge in [0.15, 0.2) is 0 Å². The average Bonchev–Trinajstić information content (AvgIpc) is 2.26. The van der Waals surface area contributed by atoms with Crippen molar-refractivity contribution in [2.24, 2.45) is 4.40 Å². The number of thioether (sulfide) groups is 1. The molecule has 0 aliphatic rings. The molecule has 0 fully saturated rings. The van der Waals surface area contributed by atoms with Crippen LogP contribution in [0.1, 0.15) is 33.3 Å². The quantitative estimate of drug-likeness (QED) is 0.464. The van der Waals surface area contributed by atoms with Crippen LogP contribution in [0.15, 0.2) is 33.6 Å². The molecule has 0 heterocycles. The summed E-state index contributed by atoms with van der Waals surface area (Å²) in [6.07, 6.45) is 0. The van der Waals surface area contributed by atoms with Crippen LogP contribution in [0, 0.1) is 0 Å². The second-order valence-electron chi connectivity index (χ2n) is 5.11. The summed E-state index contributed by atoms with van der Waals surface area (Å²) in [7, 11) is 0. The minimum atomic E-state index is -4.29. The van der Waals surface area contributed by atoms with Crippen LogP contribution < -0.4 is 0 Å². The maximum atomic E-state index is 12.2.